The molecule has 2 atom stereocenters. The molecule has 35 heavy (non-hydrogen) atoms. The molecule has 0 aliphatic carbocycles. The Bertz CT molecular complexity index is 885. The van der Waals surface area contributed by atoms with Crippen LogP contribution in [0.5, 0.6) is 11.5 Å². The maximum Gasteiger partial charge on any atom is 0.196 e. The van der Waals surface area contributed by atoms with Crippen LogP contribution in [-0.4, -0.2) is 25.8 Å². The average Bonchev–Trinajstić information content (AvgIpc) is 2.72. The minimum atomic E-state index is -0.291. The molecule has 0 N–H and O–H groups in total. The monoisotopic (exact) mass is 484 g/mol. The summed E-state index contributed by atoms with van der Waals surface area (Å²) in [5, 5.41) is 0. The van der Waals surface area contributed by atoms with Gasteiger partial charge in [0.2, 0.25) is 0 Å². The zero-order chi connectivity index (χ0) is 26.6. The summed E-state index contributed by atoms with van der Waals surface area (Å²) in [6.45, 7) is 27.0. The van der Waals surface area contributed by atoms with Crippen LogP contribution in [0.2, 0.25) is 0 Å². The van der Waals surface area contributed by atoms with Crippen LogP contribution >= 0.6 is 0 Å². The first-order valence-corrected chi connectivity index (χ1v) is 13.0. The van der Waals surface area contributed by atoms with E-state index in [9.17, 15) is 0 Å². The minimum Gasteiger partial charge on any atom is -0.465 e. The molecule has 0 heterocycles. The Morgan fingerprint density at radius 1 is 0.600 bits per heavy atom. The van der Waals surface area contributed by atoms with Crippen LogP contribution in [-0.2, 0) is 25.7 Å². The molecular formula is C31H48O4. The topological polar surface area (TPSA) is 36.9 Å². The Morgan fingerprint density at radius 3 is 1.23 bits per heavy atom. The molecular weight excluding hydrogens is 436 g/mol. The van der Waals surface area contributed by atoms with Crippen LogP contribution in [0.15, 0.2) is 36.4 Å². The van der Waals surface area contributed by atoms with Crippen molar-refractivity contribution in [2.24, 2.45) is 0 Å². The van der Waals surface area contributed by atoms with Crippen molar-refractivity contribution in [2.45, 2.75) is 112 Å². The first-order chi connectivity index (χ1) is 16.1. The molecule has 4 heteroatoms. The van der Waals surface area contributed by atoms with Gasteiger partial charge in [0.05, 0.1) is 0 Å². The Hall–Kier alpha value is -2.04. The third kappa shape index (κ3) is 7.47. The van der Waals surface area contributed by atoms with Crippen LogP contribution in [0, 0.1) is 0 Å². The van der Waals surface area contributed by atoms with Crippen LogP contribution in [0.1, 0.15) is 105 Å². The van der Waals surface area contributed by atoms with Gasteiger partial charge in [-0.2, -0.15) is 0 Å². The zero-order valence-electron chi connectivity index (χ0n) is 24.2. The fourth-order valence-electron chi connectivity index (χ4n) is 4.28. The quantitative estimate of drug-likeness (QED) is 0.319. The van der Waals surface area contributed by atoms with E-state index in [1.54, 1.807) is 0 Å². The predicted molar refractivity (Wildman–Crippen MR) is 146 cm³/mol. The molecule has 2 aromatic rings. The summed E-state index contributed by atoms with van der Waals surface area (Å²) in [7, 11) is 0. The molecule has 0 saturated carbocycles. The molecule has 0 radical (unpaired) electrons. The van der Waals surface area contributed by atoms with Crippen molar-refractivity contribution in [3.63, 3.8) is 0 Å². The van der Waals surface area contributed by atoms with E-state index >= 15 is 0 Å². The van der Waals surface area contributed by atoms with Crippen molar-refractivity contribution in [3.05, 3.63) is 58.7 Å². The maximum atomic E-state index is 6.17. The molecule has 4 nitrogen and oxygen atoms in total. The summed E-state index contributed by atoms with van der Waals surface area (Å²) in [6, 6.07) is 13.2. The Balaban J connectivity index is 2.54. The Morgan fingerprint density at radius 2 is 0.943 bits per heavy atom. The molecule has 2 unspecified atom stereocenters. The van der Waals surface area contributed by atoms with Crippen molar-refractivity contribution in [2.75, 3.05) is 13.2 Å². The highest BCUT2D eigenvalue weighted by Crippen LogP contribution is 2.41. The minimum absolute atomic E-state index is 0.0724. The van der Waals surface area contributed by atoms with Gasteiger partial charge in [-0.15, -0.1) is 0 Å². The predicted octanol–water partition coefficient (Wildman–Crippen LogP) is 8.13. The van der Waals surface area contributed by atoms with Gasteiger partial charge in [-0.25, -0.2) is 0 Å². The van der Waals surface area contributed by atoms with Gasteiger partial charge in [-0.1, -0.05) is 79.7 Å². The standard InChI is InChI=1S/C31H48O4/c1-13-32-21(3)34-27-17-15-23(19-25(27)29(5,6)7)31(11,12)24-16-18-28(35-22(4)33-14-2)26(20-24)30(8,9)10/h15-22H,13-14H2,1-12H3. The number of hydrogen-bond acceptors (Lipinski definition) is 4. The van der Waals surface area contributed by atoms with E-state index in [2.05, 4.69) is 91.8 Å². The van der Waals surface area contributed by atoms with E-state index in [-0.39, 0.29) is 28.8 Å². The van der Waals surface area contributed by atoms with Crippen LogP contribution in [0.3, 0.4) is 0 Å². The lowest BCUT2D eigenvalue weighted by molar-refractivity contribution is -0.0624. The maximum absolute atomic E-state index is 6.17. The molecule has 196 valence electrons. The normalized spacial score (nSPS) is 14.5. The molecule has 0 fully saturated rings. The van der Waals surface area contributed by atoms with Gasteiger partial charge in [0.15, 0.2) is 12.6 Å². The molecule has 0 aliphatic rings. The van der Waals surface area contributed by atoms with Crippen molar-refractivity contribution < 1.29 is 18.9 Å². The SMILES string of the molecule is CCOC(C)Oc1ccc(C(C)(C)c2ccc(OC(C)OCC)c(C(C)(C)C)c2)cc1C(C)(C)C. The molecule has 0 aromatic heterocycles. The lowest BCUT2D eigenvalue weighted by Gasteiger charge is -2.32. The molecule has 2 aromatic carbocycles. The average molecular weight is 485 g/mol. The first-order valence-electron chi connectivity index (χ1n) is 13.0. The van der Waals surface area contributed by atoms with Gasteiger partial charge < -0.3 is 18.9 Å². The summed E-state index contributed by atoms with van der Waals surface area (Å²) < 4.78 is 23.6. The smallest absolute Gasteiger partial charge is 0.196 e. The van der Waals surface area contributed by atoms with E-state index in [1.165, 1.54) is 22.3 Å². The fourth-order valence-corrected chi connectivity index (χ4v) is 4.28. The third-order valence-corrected chi connectivity index (χ3v) is 6.41. The Labute approximate surface area is 214 Å². The van der Waals surface area contributed by atoms with Gasteiger partial charge in [0.25, 0.3) is 0 Å². The van der Waals surface area contributed by atoms with Crippen molar-refractivity contribution in [1.29, 1.82) is 0 Å². The van der Waals surface area contributed by atoms with Crippen LogP contribution < -0.4 is 9.47 Å². The highest BCUT2D eigenvalue weighted by Gasteiger charge is 2.30. The number of ether oxygens (including phenoxy) is 4. The van der Waals surface area contributed by atoms with Crippen LogP contribution in [0.4, 0.5) is 0 Å². The van der Waals surface area contributed by atoms with E-state index in [1.807, 2.05) is 27.7 Å². The second-order valence-electron chi connectivity index (χ2n) is 11.8. The van der Waals surface area contributed by atoms with E-state index < -0.39 is 0 Å². The summed E-state index contributed by atoms with van der Waals surface area (Å²) in [4.78, 5) is 0. The highest BCUT2D eigenvalue weighted by atomic mass is 16.7. The van der Waals surface area contributed by atoms with Gasteiger partial charge >= 0.3 is 0 Å². The van der Waals surface area contributed by atoms with E-state index in [0.717, 1.165) is 11.5 Å². The number of hydrogen-bond donors (Lipinski definition) is 0. The highest BCUT2D eigenvalue weighted by molar-refractivity contribution is 5.50. The van der Waals surface area contributed by atoms with E-state index in [0.29, 0.717) is 13.2 Å². The Kier molecular flexibility index (Phi) is 9.46. The second kappa shape index (κ2) is 11.3. The molecule has 0 bridgehead atoms. The molecule has 2 rings (SSSR count). The van der Waals surface area contributed by atoms with Gasteiger partial charge in [0.1, 0.15) is 11.5 Å². The summed E-state index contributed by atoms with van der Waals surface area (Å²) >= 11 is 0. The largest absolute Gasteiger partial charge is 0.465 e. The molecule has 0 amide bonds. The number of benzene rings is 2. The lowest BCUT2D eigenvalue weighted by atomic mass is 9.73. The van der Waals surface area contributed by atoms with Gasteiger partial charge in [0, 0.05) is 18.6 Å². The van der Waals surface area contributed by atoms with Crippen molar-refractivity contribution >= 4 is 0 Å². The molecule has 0 spiro atoms. The fraction of sp³-hybridized carbons (Fsp3) is 0.613. The molecule has 0 aliphatic heterocycles. The van der Waals surface area contributed by atoms with E-state index in [4.69, 9.17) is 18.9 Å². The number of rotatable bonds is 10. The van der Waals surface area contributed by atoms with Gasteiger partial charge in [-0.05, 0) is 72.9 Å². The second-order valence-corrected chi connectivity index (χ2v) is 11.8. The molecule has 0 saturated heterocycles. The van der Waals surface area contributed by atoms with Crippen LogP contribution in [0.25, 0.3) is 0 Å². The lowest BCUT2D eigenvalue weighted by Crippen LogP contribution is -2.25. The summed E-state index contributed by atoms with van der Waals surface area (Å²) in [6.07, 6.45) is -0.582. The zero-order valence-corrected chi connectivity index (χ0v) is 24.2. The van der Waals surface area contributed by atoms with Crippen molar-refractivity contribution in [3.8, 4) is 11.5 Å². The summed E-state index contributed by atoms with van der Waals surface area (Å²) in [5.74, 6) is 1.75. The van der Waals surface area contributed by atoms with Crippen molar-refractivity contribution in [1.82, 2.24) is 0 Å². The first kappa shape index (κ1) is 29.2. The van der Waals surface area contributed by atoms with Gasteiger partial charge in [-0.3, -0.25) is 0 Å². The summed E-state index contributed by atoms with van der Waals surface area (Å²) in [5.41, 5.74) is 4.49. The third-order valence-electron chi connectivity index (χ3n) is 6.41.